The van der Waals surface area contributed by atoms with Crippen LogP contribution in [0.2, 0.25) is 5.82 Å². The largest absolute Gasteiger partial charge is 0.206 e. The zero-order valence-electron chi connectivity index (χ0n) is 17.1. The molecule has 27 heavy (non-hydrogen) atoms. The first-order chi connectivity index (χ1) is 13.0. The van der Waals surface area contributed by atoms with Crippen molar-refractivity contribution in [1.29, 1.82) is 0 Å². The second-order valence-corrected chi connectivity index (χ2v) is 10.5. The normalized spacial score (nSPS) is 28.9. The van der Waals surface area contributed by atoms with E-state index in [2.05, 4.69) is 35.7 Å². The van der Waals surface area contributed by atoms with Crippen LogP contribution in [0.5, 0.6) is 0 Å². The van der Waals surface area contributed by atoms with E-state index in [4.69, 9.17) is 0 Å². The fourth-order valence-electron chi connectivity index (χ4n) is 5.37. The molecule has 140 valence electrons. The van der Waals surface area contributed by atoms with Crippen LogP contribution in [-0.2, 0) is 0 Å². The van der Waals surface area contributed by atoms with Gasteiger partial charge < -0.3 is 0 Å². The number of hydrogen-bond donors (Lipinski definition) is 0. The molecule has 4 rings (SSSR count). The molecule has 1 heterocycles. The van der Waals surface area contributed by atoms with Crippen LogP contribution in [0.3, 0.4) is 0 Å². The van der Waals surface area contributed by atoms with E-state index in [1.54, 1.807) is 11.3 Å². The van der Waals surface area contributed by atoms with Gasteiger partial charge in [-0.15, -0.1) is 0 Å². The highest BCUT2D eigenvalue weighted by molar-refractivity contribution is 7.24. The van der Waals surface area contributed by atoms with Crippen molar-refractivity contribution in [3.8, 4) is 10.4 Å². The molecule has 5 heteroatoms. The van der Waals surface area contributed by atoms with Crippen LogP contribution in [0.1, 0.15) is 62.8 Å². The third-order valence-corrected chi connectivity index (χ3v) is 8.58. The average molecular weight is 378 g/mol. The molecule has 2 aromatic rings. The van der Waals surface area contributed by atoms with Gasteiger partial charge in [0.15, 0.2) is 7.85 Å². The Morgan fingerprint density at radius 2 is 1.48 bits per heavy atom. The lowest BCUT2D eigenvalue weighted by Gasteiger charge is -2.37. The first-order valence-electron chi connectivity index (χ1n) is 10.9. The molecule has 0 aliphatic heterocycles. The molecule has 0 N–H and O–H groups in total. The second-order valence-electron chi connectivity index (χ2n) is 9.22. The van der Waals surface area contributed by atoms with E-state index in [0.717, 1.165) is 28.1 Å². The summed E-state index contributed by atoms with van der Waals surface area (Å²) in [6.07, 6.45) is 10.9. The van der Waals surface area contributed by atoms with Gasteiger partial charge in [0.2, 0.25) is 0 Å². The monoisotopic (exact) mass is 378 g/mol. The van der Waals surface area contributed by atoms with Gasteiger partial charge >= 0.3 is 0 Å². The van der Waals surface area contributed by atoms with E-state index >= 15 is 0 Å². The smallest absolute Gasteiger partial charge is 0.151 e. The van der Waals surface area contributed by atoms with Gasteiger partial charge in [-0.25, -0.2) is 4.39 Å². The molecule has 0 amide bonds. The summed E-state index contributed by atoms with van der Waals surface area (Å²) in [7, 11) is 6.62. The van der Waals surface area contributed by atoms with Crippen molar-refractivity contribution in [1.82, 2.24) is 0 Å². The summed E-state index contributed by atoms with van der Waals surface area (Å²) in [6, 6.07) is 8.15. The van der Waals surface area contributed by atoms with E-state index in [-0.39, 0.29) is 5.82 Å². The van der Waals surface area contributed by atoms with Crippen LogP contribution >= 0.6 is 11.3 Å². The predicted molar refractivity (Wildman–Crippen MR) is 125 cm³/mol. The second kappa shape index (κ2) is 8.19. The quantitative estimate of drug-likeness (QED) is 0.721. The van der Waals surface area contributed by atoms with E-state index in [1.165, 1.54) is 67.2 Å². The van der Waals surface area contributed by atoms with Gasteiger partial charge in [0.25, 0.3) is 0 Å². The number of rotatable bonds is 3. The van der Waals surface area contributed by atoms with Crippen LogP contribution in [0.15, 0.2) is 24.3 Å². The van der Waals surface area contributed by atoms with Crippen molar-refractivity contribution in [2.24, 2.45) is 11.8 Å². The van der Waals surface area contributed by atoms with Gasteiger partial charge in [-0.05, 0) is 59.8 Å². The Kier molecular flexibility index (Phi) is 5.87. The first-order valence-corrected chi connectivity index (χ1v) is 11.7. The fraction of sp³-hybridized carbons (Fsp3) is 0.545. The molecular formula is C22H30B3FS. The summed E-state index contributed by atoms with van der Waals surface area (Å²) in [5.41, 5.74) is 3.25. The molecule has 0 spiro atoms. The Morgan fingerprint density at radius 3 is 2.04 bits per heavy atom. The lowest BCUT2D eigenvalue weighted by atomic mass is 9.65. The van der Waals surface area contributed by atoms with Crippen molar-refractivity contribution in [2.45, 2.75) is 63.1 Å². The molecular weight excluding hydrogens is 348 g/mol. The Morgan fingerprint density at radius 1 is 0.852 bits per heavy atom. The Hall–Kier alpha value is -0.955. The minimum atomic E-state index is -0.0443. The van der Waals surface area contributed by atoms with Crippen LogP contribution in [0.25, 0.3) is 10.4 Å². The lowest BCUT2D eigenvalue weighted by molar-refractivity contribution is 0.186. The fourth-order valence-corrected chi connectivity index (χ4v) is 6.43. The van der Waals surface area contributed by atoms with E-state index in [1.807, 2.05) is 12.1 Å². The minimum absolute atomic E-state index is 0.0443. The molecule has 1 aromatic carbocycles. The molecule has 2 saturated carbocycles. The molecule has 0 radical (unpaired) electrons. The van der Waals surface area contributed by atoms with Gasteiger partial charge in [0.1, 0.15) is 21.5 Å². The zero-order chi connectivity index (χ0) is 19.0. The number of thiophene rings is 1. The van der Waals surface area contributed by atoms with Gasteiger partial charge in [-0.1, -0.05) is 55.2 Å². The summed E-state index contributed by atoms with van der Waals surface area (Å²) in [4.78, 5) is 1.06. The minimum Gasteiger partial charge on any atom is -0.206 e. The van der Waals surface area contributed by atoms with E-state index < -0.39 is 0 Å². The average Bonchev–Trinajstić information content (AvgIpc) is 3.01. The Bertz CT molecular complexity index is 767. The lowest BCUT2D eigenvalue weighted by Crippen LogP contribution is -2.24. The Balaban J connectivity index is 1.40. The Labute approximate surface area is 170 Å². The third-order valence-electron chi connectivity index (χ3n) is 7.39. The SMILES string of the molecule is Bc1cc(-c2ccc(C3CCC(C4CCC(B)CC4)CC3)cc2F)sc1B. The molecule has 1 aromatic heterocycles. The maximum Gasteiger partial charge on any atom is 0.151 e. The summed E-state index contributed by atoms with van der Waals surface area (Å²) in [5, 5.41) is 0. The van der Waals surface area contributed by atoms with Crippen molar-refractivity contribution < 1.29 is 4.39 Å². The molecule has 0 atom stereocenters. The molecule has 0 unspecified atom stereocenters. The molecule has 0 bridgehead atoms. The first kappa shape index (κ1) is 19.4. The van der Waals surface area contributed by atoms with Crippen LogP contribution in [0, 0.1) is 17.7 Å². The van der Waals surface area contributed by atoms with Crippen molar-refractivity contribution in [2.75, 3.05) is 0 Å². The molecule has 0 nitrogen and oxygen atoms in total. The van der Waals surface area contributed by atoms with Crippen LogP contribution in [-0.4, -0.2) is 23.5 Å². The maximum atomic E-state index is 14.8. The highest BCUT2D eigenvalue weighted by Crippen LogP contribution is 2.44. The summed E-state index contributed by atoms with van der Waals surface area (Å²) >= 11 is 1.70. The molecule has 0 saturated heterocycles. The van der Waals surface area contributed by atoms with E-state index in [0.29, 0.717) is 5.92 Å². The standard InChI is InChI=1S/C22H30B3FS/c23-17-8-5-14(6-9-17)13-1-3-15(4-2-13)16-7-10-18(20(26)11-16)21-12-19(24)22(25)27-21/h7,10-15,17H,1-6,8-9,23-25H2. The number of hydrogen-bond acceptors (Lipinski definition) is 1. The molecule has 2 aliphatic rings. The summed E-state index contributed by atoms with van der Waals surface area (Å²) in [5.74, 6) is 3.34. The predicted octanol–water partition coefficient (Wildman–Crippen LogP) is 2.96. The van der Waals surface area contributed by atoms with Gasteiger partial charge in [-0.2, -0.15) is 11.3 Å². The van der Waals surface area contributed by atoms with Crippen molar-refractivity contribution in [3.05, 3.63) is 35.6 Å². The molecule has 2 aliphatic carbocycles. The summed E-state index contributed by atoms with van der Waals surface area (Å²) in [6.45, 7) is 0. The van der Waals surface area contributed by atoms with Crippen LogP contribution in [0.4, 0.5) is 4.39 Å². The van der Waals surface area contributed by atoms with Gasteiger partial charge in [0.05, 0.1) is 0 Å². The van der Waals surface area contributed by atoms with Crippen LogP contribution < -0.4 is 10.2 Å². The van der Waals surface area contributed by atoms with E-state index in [9.17, 15) is 4.39 Å². The van der Waals surface area contributed by atoms with Gasteiger partial charge in [-0.3, -0.25) is 0 Å². The highest BCUT2D eigenvalue weighted by atomic mass is 32.1. The number of halogens is 1. The van der Waals surface area contributed by atoms with Crippen molar-refractivity contribution >= 4 is 45.1 Å². The topological polar surface area (TPSA) is 0 Å². The maximum absolute atomic E-state index is 14.8. The zero-order valence-corrected chi connectivity index (χ0v) is 17.9. The number of benzene rings is 1. The van der Waals surface area contributed by atoms with Gasteiger partial charge in [0, 0.05) is 10.4 Å². The van der Waals surface area contributed by atoms with Crippen molar-refractivity contribution in [3.63, 3.8) is 0 Å². The molecule has 2 fully saturated rings. The third kappa shape index (κ3) is 4.23. The highest BCUT2D eigenvalue weighted by Gasteiger charge is 2.30. The summed E-state index contributed by atoms with van der Waals surface area (Å²) < 4.78 is 16.1.